The summed E-state index contributed by atoms with van der Waals surface area (Å²) in [6.45, 7) is 3.76. The molecule has 0 radical (unpaired) electrons. The molecule has 1 fully saturated rings. The highest BCUT2D eigenvalue weighted by molar-refractivity contribution is 5.90. The molecule has 1 unspecified atom stereocenters. The molecule has 1 aliphatic heterocycles. The Labute approximate surface area is 131 Å². The molecule has 0 bridgehead atoms. The number of carbonyl (C=O) groups excluding carboxylic acids is 1. The van der Waals surface area contributed by atoms with Gasteiger partial charge in [-0.25, -0.2) is 0 Å². The average Bonchev–Trinajstić information content (AvgIpc) is 2.49. The Morgan fingerprint density at radius 2 is 2.04 bits per heavy atom. The van der Waals surface area contributed by atoms with E-state index in [-0.39, 0.29) is 18.0 Å². The number of pyridine rings is 1. The molecule has 1 saturated heterocycles. The molecule has 1 amide bonds. The molecule has 0 aromatic carbocycles. The van der Waals surface area contributed by atoms with Gasteiger partial charge in [0.15, 0.2) is 0 Å². The zero-order chi connectivity index (χ0) is 17.0. The van der Waals surface area contributed by atoms with Crippen molar-refractivity contribution in [3.8, 4) is 0 Å². The van der Waals surface area contributed by atoms with Gasteiger partial charge in [-0.1, -0.05) is 6.92 Å². The van der Waals surface area contributed by atoms with Gasteiger partial charge in [0.05, 0.1) is 5.56 Å². The summed E-state index contributed by atoms with van der Waals surface area (Å²) in [5.74, 6) is 0.0737. The minimum atomic E-state index is -4.58. The fourth-order valence-electron chi connectivity index (χ4n) is 2.81. The summed E-state index contributed by atoms with van der Waals surface area (Å²) < 4.78 is 37.9. The number of carbonyl (C=O) groups is 1. The number of alkyl halides is 3. The largest absolute Gasteiger partial charge is 0.417 e. The van der Waals surface area contributed by atoms with Gasteiger partial charge in [0.25, 0.3) is 5.56 Å². The maximum atomic E-state index is 12.6. The van der Waals surface area contributed by atoms with Gasteiger partial charge in [0.1, 0.15) is 5.69 Å². The van der Waals surface area contributed by atoms with Crippen molar-refractivity contribution in [3.05, 3.63) is 28.2 Å². The lowest BCUT2D eigenvalue weighted by Crippen LogP contribution is -2.32. The highest BCUT2D eigenvalue weighted by Gasteiger charge is 2.31. The zero-order valence-corrected chi connectivity index (χ0v) is 12.8. The molecule has 1 aromatic heterocycles. The maximum Gasteiger partial charge on any atom is 0.417 e. The SMILES string of the molecule is CC(CC(=O)Nc1cc(C(F)(F)F)c[nH]c1=O)C1CCNCC1. The van der Waals surface area contributed by atoms with E-state index in [0.717, 1.165) is 25.9 Å². The van der Waals surface area contributed by atoms with Crippen molar-refractivity contribution >= 4 is 11.6 Å². The van der Waals surface area contributed by atoms with Crippen LogP contribution in [0.1, 0.15) is 31.7 Å². The van der Waals surface area contributed by atoms with Crippen LogP contribution in [0, 0.1) is 11.8 Å². The number of rotatable bonds is 4. The van der Waals surface area contributed by atoms with Crippen LogP contribution >= 0.6 is 0 Å². The van der Waals surface area contributed by atoms with E-state index in [9.17, 15) is 22.8 Å². The Hall–Kier alpha value is -1.83. The van der Waals surface area contributed by atoms with Crippen LogP contribution in [0.4, 0.5) is 18.9 Å². The molecular formula is C15H20F3N3O2. The number of piperidine rings is 1. The van der Waals surface area contributed by atoms with Crippen molar-refractivity contribution in [1.29, 1.82) is 0 Å². The molecule has 3 N–H and O–H groups in total. The standard InChI is InChI=1S/C15H20F3N3O2/c1-9(10-2-4-19-5-3-10)6-13(22)21-12-7-11(15(16,17)18)8-20-14(12)23/h7-10,19H,2-6H2,1H3,(H,20,23)(H,21,22). The van der Waals surface area contributed by atoms with E-state index in [1.54, 1.807) is 0 Å². The fraction of sp³-hybridized carbons (Fsp3) is 0.600. The summed E-state index contributed by atoms with van der Waals surface area (Å²) in [5.41, 5.74) is -2.12. The van der Waals surface area contributed by atoms with Crippen LogP contribution in [0.25, 0.3) is 0 Å². The van der Waals surface area contributed by atoms with Crippen LogP contribution in [0.5, 0.6) is 0 Å². The quantitative estimate of drug-likeness (QED) is 0.793. The van der Waals surface area contributed by atoms with E-state index in [4.69, 9.17) is 0 Å². The second-order valence-electron chi connectivity index (χ2n) is 5.95. The molecule has 1 aromatic rings. The lowest BCUT2D eigenvalue weighted by atomic mass is 9.84. The van der Waals surface area contributed by atoms with Crippen molar-refractivity contribution in [2.75, 3.05) is 18.4 Å². The number of hydrogen-bond donors (Lipinski definition) is 3. The van der Waals surface area contributed by atoms with Crippen molar-refractivity contribution in [2.45, 2.75) is 32.4 Å². The minimum absolute atomic E-state index is 0.113. The van der Waals surface area contributed by atoms with Crippen LogP contribution in [0.15, 0.2) is 17.1 Å². The molecule has 0 spiro atoms. The first-order valence-corrected chi connectivity index (χ1v) is 7.58. The van der Waals surface area contributed by atoms with Gasteiger partial charge in [0, 0.05) is 12.6 Å². The van der Waals surface area contributed by atoms with E-state index in [1.165, 1.54) is 0 Å². The van der Waals surface area contributed by atoms with E-state index >= 15 is 0 Å². The normalized spacial score (nSPS) is 17.7. The van der Waals surface area contributed by atoms with Crippen LogP contribution < -0.4 is 16.2 Å². The number of anilines is 1. The molecule has 2 heterocycles. The fourth-order valence-corrected chi connectivity index (χ4v) is 2.81. The zero-order valence-electron chi connectivity index (χ0n) is 12.8. The Kier molecular flexibility index (Phi) is 5.46. The van der Waals surface area contributed by atoms with Crippen molar-refractivity contribution < 1.29 is 18.0 Å². The summed E-state index contributed by atoms with van der Waals surface area (Å²) in [5, 5.41) is 5.53. The van der Waals surface area contributed by atoms with Gasteiger partial charge in [-0.05, 0) is 43.8 Å². The second-order valence-corrected chi connectivity index (χ2v) is 5.95. The van der Waals surface area contributed by atoms with E-state index < -0.39 is 23.2 Å². The van der Waals surface area contributed by atoms with Gasteiger partial charge in [-0.15, -0.1) is 0 Å². The Balaban J connectivity index is 2.01. The van der Waals surface area contributed by atoms with Crippen LogP contribution in [0.2, 0.25) is 0 Å². The van der Waals surface area contributed by atoms with Gasteiger partial charge in [0.2, 0.25) is 5.91 Å². The topological polar surface area (TPSA) is 74.0 Å². The first-order valence-electron chi connectivity index (χ1n) is 7.58. The molecule has 5 nitrogen and oxygen atoms in total. The molecular weight excluding hydrogens is 311 g/mol. The molecule has 23 heavy (non-hydrogen) atoms. The smallest absolute Gasteiger partial charge is 0.327 e. The molecule has 0 aliphatic carbocycles. The maximum absolute atomic E-state index is 12.6. The van der Waals surface area contributed by atoms with Crippen LogP contribution in [-0.4, -0.2) is 24.0 Å². The minimum Gasteiger partial charge on any atom is -0.327 e. The third kappa shape index (κ3) is 4.82. The third-order valence-electron chi connectivity index (χ3n) is 4.20. The monoisotopic (exact) mass is 331 g/mol. The number of nitrogens with one attached hydrogen (secondary N) is 3. The van der Waals surface area contributed by atoms with Gasteiger partial charge < -0.3 is 15.6 Å². The summed E-state index contributed by atoms with van der Waals surface area (Å²) >= 11 is 0. The van der Waals surface area contributed by atoms with Crippen LogP contribution in [-0.2, 0) is 11.0 Å². The Bertz CT molecular complexity index is 607. The number of aromatic amines is 1. The number of amides is 1. The van der Waals surface area contributed by atoms with Crippen molar-refractivity contribution in [1.82, 2.24) is 10.3 Å². The van der Waals surface area contributed by atoms with Crippen LogP contribution in [0.3, 0.4) is 0 Å². The predicted octanol–water partition coefficient (Wildman–Crippen LogP) is 2.36. The first-order chi connectivity index (χ1) is 10.8. The average molecular weight is 331 g/mol. The summed E-state index contributed by atoms with van der Waals surface area (Å²) in [6, 6.07) is 0.659. The van der Waals surface area contributed by atoms with Crippen molar-refractivity contribution in [2.24, 2.45) is 11.8 Å². The molecule has 2 rings (SSSR count). The Morgan fingerprint density at radius 3 is 2.65 bits per heavy atom. The summed E-state index contributed by atoms with van der Waals surface area (Å²) in [7, 11) is 0. The van der Waals surface area contributed by atoms with Gasteiger partial charge in [-0.2, -0.15) is 13.2 Å². The molecule has 1 atom stereocenters. The van der Waals surface area contributed by atoms with Crippen molar-refractivity contribution in [3.63, 3.8) is 0 Å². The highest BCUT2D eigenvalue weighted by atomic mass is 19.4. The lowest BCUT2D eigenvalue weighted by molar-refractivity contribution is -0.137. The molecule has 0 saturated carbocycles. The number of H-pyrrole nitrogens is 1. The number of hydrogen-bond acceptors (Lipinski definition) is 3. The van der Waals surface area contributed by atoms with E-state index in [0.29, 0.717) is 18.2 Å². The number of aromatic nitrogens is 1. The molecule has 1 aliphatic rings. The predicted molar refractivity (Wildman–Crippen MR) is 80.1 cm³/mol. The lowest BCUT2D eigenvalue weighted by Gasteiger charge is -2.27. The van der Waals surface area contributed by atoms with Gasteiger partial charge in [-0.3, -0.25) is 9.59 Å². The first kappa shape index (κ1) is 17.5. The number of halogens is 3. The third-order valence-corrected chi connectivity index (χ3v) is 4.20. The summed E-state index contributed by atoms with van der Waals surface area (Å²) in [4.78, 5) is 25.6. The van der Waals surface area contributed by atoms with E-state index in [1.807, 2.05) is 11.9 Å². The molecule has 8 heteroatoms. The Morgan fingerprint density at radius 1 is 1.39 bits per heavy atom. The second kappa shape index (κ2) is 7.16. The van der Waals surface area contributed by atoms with E-state index in [2.05, 4.69) is 10.6 Å². The van der Waals surface area contributed by atoms with Gasteiger partial charge >= 0.3 is 6.18 Å². The molecule has 128 valence electrons. The summed E-state index contributed by atoms with van der Waals surface area (Å²) in [6.07, 6.45) is -1.86. The highest BCUT2D eigenvalue weighted by Crippen LogP contribution is 2.29.